The minimum atomic E-state index is 0.229. The average Bonchev–Trinajstić information content (AvgIpc) is 2.85. The number of rotatable bonds is 2. The smallest absolute Gasteiger partial charge is 0.0210 e. The van der Waals surface area contributed by atoms with E-state index in [0.29, 0.717) is 5.41 Å². The first-order valence-electron chi connectivity index (χ1n) is 6.68. The molecule has 1 atom stereocenters. The number of halogens is 1. The Bertz CT molecular complexity index is 457. The van der Waals surface area contributed by atoms with Gasteiger partial charge < -0.3 is 0 Å². The summed E-state index contributed by atoms with van der Waals surface area (Å²) in [5.74, 6) is 0.731. The van der Waals surface area contributed by atoms with Gasteiger partial charge in [-0.05, 0) is 34.3 Å². The summed E-state index contributed by atoms with van der Waals surface area (Å²) in [6.07, 6.45) is 3.67. The van der Waals surface area contributed by atoms with Crippen molar-refractivity contribution in [3.8, 4) is 0 Å². The first-order chi connectivity index (χ1) is 8.20. The zero-order chi connectivity index (χ0) is 13.6. The van der Waals surface area contributed by atoms with Crippen molar-refractivity contribution in [1.82, 2.24) is 0 Å². The second-order valence-corrected chi connectivity index (χ2v) is 8.00. The molecular weight excluding hydrogens is 284 g/mol. The van der Waals surface area contributed by atoms with Gasteiger partial charge in [0, 0.05) is 4.48 Å². The lowest BCUT2D eigenvalue weighted by Gasteiger charge is -2.19. The van der Waals surface area contributed by atoms with Crippen molar-refractivity contribution in [2.45, 2.75) is 46.5 Å². The van der Waals surface area contributed by atoms with Crippen LogP contribution in [0.15, 0.2) is 30.3 Å². The van der Waals surface area contributed by atoms with Gasteiger partial charge in [0.15, 0.2) is 0 Å². The van der Waals surface area contributed by atoms with Gasteiger partial charge in [-0.15, -0.1) is 0 Å². The Hall–Kier alpha value is -0.560. The van der Waals surface area contributed by atoms with Crippen molar-refractivity contribution >= 4 is 20.4 Å². The van der Waals surface area contributed by atoms with Crippen LogP contribution in [0.25, 0.3) is 4.48 Å². The first kappa shape index (κ1) is 13.9. The van der Waals surface area contributed by atoms with E-state index in [2.05, 4.69) is 80.9 Å². The summed E-state index contributed by atoms with van der Waals surface area (Å²) in [5, 5.41) is 0. The molecule has 0 nitrogen and oxygen atoms in total. The van der Waals surface area contributed by atoms with Crippen LogP contribution in [0.5, 0.6) is 0 Å². The molecule has 18 heavy (non-hydrogen) atoms. The molecule has 1 unspecified atom stereocenters. The van der Waals surface area contributed by atoms with Crippen LogP contribution in [0.1, 0.15) is 52.2 Å². The molecule has 2 rings (SSSR count). The molecule has 0 N–H and O–H groups in total. The predicted molar refractivity (Wildman–Crippen MR) is 83.9 cm³/mol. The highest BCUT2D eigenvalue weighted by atomic mass is 79.9. The number of benzene rings is 1. The Balaban J connectivity index is 2.15. The fraction of sp³-hybridized carbons (Fsp3) is 0.529. The van der Waals surface area contributed by atoms with Crippen LogP contribution < -0.4 is 0 Å². The third-order valence-electron chi connectivity index (χ3n) is 3.96. The van der Waals surface area contributed by atoms with Crippen LogP contribution in [-0.4, -0.2) is 0 Å². The molecular formula is C17H23Br. The summed E-state index contributed by atoms with van der Waals surface area (Å²) in [6, 6.07) is 8.91. The van der Waals surface area contributed by atoms with E-state index in [9.17, 15) is 0 Å². The lowest BCUT2D eigenvalue weighted by atomic mass is 9.87. The number of allylic oxidation sites excluding steroid dienone is 1. The average molecular weight is 307 g/mol. The molecule has 1 aliphatic rings. The third-order valence-corrected chi connectivity index (χ3v) is 4.69. The zero-order valence-corrected chi connectivity index (χ0v) is 13.6. The van der Waals surface area contributed by atoms with Crippen LogP contribution >= 0.6 is 15.9 Å². The normalized spacial score (nSPS) is 23.0. The molecule has 0 heterocycles. The van der Waals surface area contributed by atoms with Crippen LogP contribution in [0.3, 0.4) is 0 Å². The summed E-state index contributed by atoms with van der Waals surface area (Å²) in [5.41, 5.74) is 3.40. The Morgan fingerprint density at radius 2 is 1.72 bits per heavy atom. The quantitative estimate of drug-likeness (QED) is 0.651. The van der Waals surface area contributed by atoms with E-state index < -0.39 is 0 Å². The van der Waals surface area contributed by atoms with Crippen molar-refractivity contribution < 1.29 is 0 Å². The van der Waals surface area contributed by atoms with Gasteiger partial charge in [-0.25, -0.2) is 0 Å². The minimum absolute atomic E-state index is 0.229. The highest BCUT2D eigenvalue weighted by Crippen LogP contribution is 2.53. The standard InChI is InChI=1S/C17H23Br/c1-16(2,3)13-8-6-12(7-9-13)15(18)10-14-11-17(14,4)5/h6-10,14H,11H2,1-5H3. The summed E-state index contributed by atoms with van der Waals surface area (Å²) >= 11 is 3.71. The van der Waals surface area contributed by atoms with E-state index in [4.69, 9.17) is 0 Å². The fourth-order valence-corrected chi connectivity index (χ4v) is 2.78. The van der Waals surface area contributed by atoms with Crippen LogP contribution in [0, 0.1) is 11.3 Å². The van der Waals surface area contributed by atoms with Gasteiger partial charge >= 0.3 is 0 Å². The number of hydrogen-bond donors (Lipinski definition) is 0. The fourth-order valence-electron chi connectivity index (χ4n) is 2.19. The van der Waals surface area contributed by atoms with E-state index in [1.807, 2.05) is 0 Å². The number of hydrogen-bond acceptors (Lipinski definition) is 0. The highest BCUT2D eigenvalue weighted by molar-refractivity contribution is 9.15. The lowest BCUT2D eigenvalue weighted by Crippen LogP contribution is -2.10. The van der Waals surface area contributed by atoms with E-state index in [1.54, 1.807) is 0 Å². The van der Waals surface area contributed by atoms with Crippen LogP contribution in [-0.2, 0) is 5.41 Å². The lowest BCUT2D eigenvalue weighted by molar-refractivity contribution is 0.590. The minimum Gasteiger partial charge on any atom is -0.0660 e. The molecule has 0 aliphatic heterocycles. The maximum atomic E-state index is 3.71. The molecule has 1 heteroatoms. The van der Waals surface area contributed by atoms with Gasteiger partial charge in [0.05, 0.1) is 0 Å². The summed E-state index contributed by atoms with van der Waals surface area (Å²) in [7, 11) is 0. The Labute approximate surface area is 120 Å². The molecule has 1 aromatic rings. The molecule has 1 fully saturated rings. The van der Waals surface area contributed by atoms with Crippen LogP contribution in [0.4, 0.5) is 0 Å². The molecule has 0 amide bonds. The summed E-state index contributed by atoms with van der Waals surface area (Å²) in [6.45, 7) is 11.4. The third kappa shape index (κ3) is 3.06. The second-order valence-electron chi connectivity index (χ2n) is 7.14. The van der Waals surface area contributed by atoms with Gasteiger partial charge in [0.2, 0.25) is 0 Å². The molecule has 98 valence electrons. The van der Waals surface area contributed by atoms with E-state index in [0.717, 1.165) is 5.92 Å². The van der Waals surface area contributed by atoms with Gasteiger partial charge in [0.1, 0.15) is 0 Å². The maximum absolute atomic E-state index is 3.71. The topological polar surface area (TPSA) is 0 Å². The summed E-state index contributed by atoms with van der Waals surface area (Å²) < 4.78 is 1.23. The molecule has 1 aromatic carbocycles. The molecule has 1 aliphatic carbocycles. The van der Waals surface area contributed by atoms with Crippen LogP contribution in [0.2, 0.25) is 0 Å². The second kappa shape index (κ2) is 4.52. The predicted octanol–water partition coefficient (Wildman–Crippen LogP) is 5.77. The van der Waals surface area contributed by atoms with Gasteiger partial charge in [-0.3, -0.25) is 0 Å². The van der Waals surface area contributed by atoms with Gasteiger partial charge in [-0.1, -0.05) is 80.9 Å². The molecule has 0 aromatic heterocycles. The van der Waals surface area contributed by atoms with E-state index in [-0.39, 0.29) is 5.41 Å². The van der Waals surface area contributed by atoms with Gasteiger partial charge in [-0.2, -0.15) is 0 Å². The van der Waals surface area contributed by atoms with Crippen molar-refractivity contribution in [1.29, 1.82) is 0 Å². The monoisotopic (exact) mass is 306 g/mol. The van der Waals surface area contributed by atoms with E-state index in [1.165, 1.54) is 22.0 Å². The Kier molecular flexibility index (Phi) is 3.48. The molecule has 0 spiro atoms. The molecule has 0 saturated heterocycles. The molecule has 1 saturated carbocycles. The largest absolute Gasteiger partial charge is 0.0660 e. The highest BCUT2D eigenvalue weighted by Gasteiger charge is 2.43. The first-order valence-corrected chi connectivity index (χ1v) is 7.48. The molecule has 0 bridgehead atoms. The summed E-state index contributed by atoms with van der Waals surface area (Å²) in [4.78, 5) is 0. The van der Waals surface area contributed by atoms with E-state index >= 15 is 0 Å². The van der Waals surface area contributed by atoms with Crippen molar-refractivity contribution in [2.24, 2.45) is 11.3 Å². The Morgan fingerprint density at radius 3 is 2.11 bits per heavy atom. The van der Waals surface area contributed by atoms with Crippen molar-refractivity contribution in [2.75, 3.05) is 0 Å². The Morgan fingerprint density at radius 1 is 1.22 bits per heavy atom. The zero-order valence-electron chi connectivity index (χ0n) is 12.0. The van der Waals surface area contributed by atoms with Crippen molar-refractivity contribution in [3.05, 3.63) is 41.5 Å². The molecule has 0 radical (unpaired) electrons. The SMILES string of the molecule is CC(C)(C)c1ccc(C(Br)=CC2CC2(C)C)cc1. The van der Waals surface area contributed by atoms with Gasteiger partial charge in [0.25, 0.3) is 0 Å². The van der Waals surface area contributed by atoms with Crippen molar-refractivity contribution in [3.63, 3.8) is 0 Å². The maximum Gasteiger partial charge on any atom is 0.0210 e.